The molecule has 1 atom stereocenters. The highest BCUT2D eigenvalue weighted by molar-refractivity contribution is 14.1. The molecule has 0 aliphatic rings. The lowest BCUT2D eigenvalue weighted by atomic mass is 9.92. The van der Waals surface area contributed by atoms with E-state index in [0.717, 1.165) is 22.6 Å². The number of aliphatic hydroxyl groups is 1. The average molecular weight is 490 g/mol. The van der Waals surface area contributed by atoms with Gasteiger partial charge in [0.2, 0.25) is 0 Å². The van der Waals surface area contributed by atoms with Crippen LogP contribution in [-0.2, 0) is 0 Å². The van der Waals surface area contributed by atoms with E-state index in [-0.39, 0.29) is 0 Å². The highest BCUT2D eigenvalue weighted by atomic mass is 127. The molecule has 140 valence electrons. The van der Waals surface area contributed by atoms with Crippen molar-refractivity contribution in [1.29, 1.82) is 0 Å². The molecule has 1 N–H and O–H groups in total. The third-order valence-corrected chi connectivity index (χ3v) is 3.36. The number of halogens is 14. The molecule has 23 heavy (non-hydrogen) atoms. The second-order valence-electron chi connectivity index (χ2n) is 4.09. The van der Waals surface area contributed by atoms with Crippen LogP contribution >= 0.6 is 22.6 Å². The zero-order valence-electron chi connectivity index (χ0n) is 10.0. The van der Waals surface area contributed by atoms with Gasteiger partial charge in [-0.3, -0.25) is 0 Å². The number of alkyl halides is 14. The Morgan fingerprint density at radius 1 is 0.609 bits per heavy atom. The van der Waals surface area contributed by atoms with Gasteiger partial charge >= 0.3 is 35.8 Å². The fraction of sp³-hybridized carbons (Fsp3) is 1.00. The summed E-state index contributed by atoms with van der Waals surface area (Å²) in [6.07, 6.45) is -11.2. The zero-order chi connectivity index (χ0) is 19.3. The quantitative estimate of drug-likeness (QED) is 0.330. The molecule has 0 rings (SSSR count). The van der Waals surface area contributed by atoms with Crippen LogP contribution in [0.1, 0.15) is 0 Å². The molecule has 0 aromatic carbocycles. The monoisotopic (exact) mass is 490 g/mol. The molecule has 0 saturated heterocycles. The summed E-state index contributed by atoms with van der Waals surface area (Å²) in [6, 6.07) is 0. The Labute approximate surface area is 132 Å². The van der Waals surface area contributed by atoms with Crippen LogP contribution in [0.3, 0.4) is 0 Å². The molecule has 0 bridgehead atoms. The van der Waals surface area contributed by atoms with Crippen LogP contribution in [0.2, 0.25) is 0 Å². The smallest absolute Gasteiger partial charge is 0.386 e. The molecule has 1 nitrogen and oxygen atoms in total. The van der Waals surface area contributed by atoms with Crippen LogP contribution in [0.5, 0.6) is 0 Å². The predicted octanol–water partition coefficient (Wildman–Crippen LogP) is 4.52. The Hall–Kier alpha value is -0.220. The standard InChI is InChI=1S/C8H4F13IO/c9-3(10,2(23)1-22)4(11,12)5(13,14)6(15,16)7(17,18)8(19,20)21/h2,23H,1H2. The number of hydrogen-bond donors (Lipinski definition) is 1. The first kappa shape index (κ1) is 22.8. The molecule has 0 fully saturated rings. The van der Waals surface area contributed by atoms with Crippen LogP contribution < -0.4 is 0 Å². The zero-order valence-corrected chi connectivity index (χ0v) is 12.2. The number of rotatable bonds is 6. The van der Waals surface area contributed by atoms with Crippen LogP contribution in [-0.4, -0.2) is 51.4 Å². The van der Waals surface area contributed by atoms with Crippen LogP contribution in [0, 0.1) is 0 Å². The Bertz CT molecular complexity index is 428. The topological polar surface area (TPSA) is 20.2 Å². The maximum absolute atomic E-state index is 13.0. The lowest BCUT2D eigenvalue weighted by Gasteiger charge is -2.40. The van der Waals surface area contributed by atoms with E-state index in [1.54, 1.807) is 0 Å². The molecule has 0 aliphatic carbocycles. The first-order chi connectivity index (χ1) is 9.73. The molecule has 0 aromatic rings. The highest BCUT2D eigenvalue weighted by Gasteiger charge is 2.91. The summed E-state index contributed by atoms with van der Waals surface area (Å²) in [5.74, 6) is -37.4. The van der Waals surface area contributed by atoms with Crippen molar-refractivity contribution in [3.63, 3.8) is 0 Å². The molecule has 0 saturated carbocycles. The van der Waals surface area contributed by atoms with Crippen molar-refractivity contribution in [2.75, 3.05) is 4.43 Å². The summed E-state index contributed by atoms with van der Waals surface area (Å²) < 4.78 is 162. The second-order valence-corrected chi connectivity index (χ2v) is 4.97. The molecule has 15 heteroatoms. The van der Waals surface area contributed by atoms with E-state index in [0.29, 0.717) is 0 Å². The molecule has 0 aromatic heterocycles. The van der Waals surface area contributed by atoms with E-state index < -0.39 is 46.3 Å². The van der Waals surface area contributed by atoms with Crippen molar-refractivity contribution in [2.45, 2.75) is 41.9 Å². The van der Waals surface area contributed by atoms with Gasteiger partial charge in [0, 0.05) is 4.43 Å². The largest absolute Gasteiger partial charge is 0.460 e. The third kappa shape index (κ3) is 3.06. The van der Waals surface area contributed by atoms with Gasteiger partial charge in [-0.2, -0.15) is 57.1 Å². The van der Waals surface area contributed by atoms with Crippen molar-refractivity contribution in [1.82, 2.24) is 0 Å². The van der Waals surface area contributed by atoms with Crippen molar-refractivity contribution in [2.24, 2.45) is 0 Å². The maximum atomic E-state index is 13.0. The maximum Gasteiger partial charge on any atom is 0.460 e. The third-order valence-electron chi connectivity index (χ3n) is 2.52. The summed E-state index contributed by atoms with van der Waals surface area (Å²) in [6.45, 7) is 0. The summed E-state index contributed by atoms with van der Waals surface area (Å²) in [5.41, 5.74) is 0. The van der Waals surface area contributed by atoms with Crippen LogP contribution in [0.4, 0.5) is 57.1 Å². The fourth-order valence-corrected chi connectivity index (χ4v) is 1.64. The fourth-order valence-electron chi connectivity index (χ4n) is 1.09. The van der Waals surface area contributed by atoms with E-state index in [1.165, 1.54) is 0 Å². The number of hydrogen-bond acceptors (Lipinski definition) is 1. The molecule has 0 radical (unpaired) electrons. The lowest BCUT2D eigenvalue weighted by molar-refractivity contribution is -0.443. The minimum Gasteiger partial charge on any atom is -0.386 e. The Morgan fingerprint density at radius 2 is 0.913 bits per heavy atom. The summed E-state index contributed by atoms with van der Waals surface area (Å²) in [5, 5.41) is 8.49. The normalized spacial score (nSPS) is 17.3. The van der Waals surface area contributed by atoms with Gasteiger partial charge < -0.3 is 5.11 Å². The molecule has 0 aliphatic heterocycles. The van der Waals surface area contributed by atoms with Crippen molar-refractivity contribution >= 4 is 22.6 Å². The molecule has 0 heterocycles. The van der Waals surface area contributed by atoms with Crippen LogP contribution in [0.25, 0.3) is 0 Å². The Kier molecular flexibility index (Phi) is 5.89. The number of aliphatic hydroxyl groups excluding tert-OH is 1. The first-order valence-electron chi connectivity index (χ1n) is 4.93. The van der Waals surface area contributed by atoms with E-state index >= 15 is 0 Å². The molecule has 0 amide bonds. The van der Waals surface area contributed by atoms with Gasteiger partial charge in [0.15, 0.2) is 0 Å². The van der Waals surface area contributed by atoms with E-state index in [4.69, 9.17) is 5.11 Å². The van der Waals surface area contributed by atoms with Gasteiger partial charge in [0.25, 0.3) is 0 Å². The Morgan fingerprint density at radius 3 is 1.17 bits per heavy atom. The molecular weight excluding hydrogens is 486 g/mol. The first-order valence-corrected chi connectivity index (χ1v) is 6.45. The average Bonchev–Trinajstić information content (AvgIpc) is 2.35. The minimum atomic E-state index is -7.93. The van der Waals surface area contributed by atoms with Gasteiger partial charge in [0.1, 0.15) is 6.10 Å². The van der Waals surface area contributed by atoms with Gasteiger partial charge in [-0.25, -0.2) is 0 Å². The van der Waals surface area contributed by atoms with Crippen LogP contribution in [0.15, 0.2) is 0 Å². The highest BCUT2D eigenvalue weighted by Crippen LogP contribution is 2.60. The molecular formula is C8H4F13IO. The Balaban J connectivity index is 6.25. The van der Waals surface area contributed by atoms with E-state index in [2.05, 4.69) is 0 Å². The minimum absolute atomic E-state index is 0.733. The summed E-state index contributed by atoms with van der Waals surface area (Å²) in [7, 11) is 0. The van der Waals surface area contributed by atoms with Gasteiger partial charge in [-0.05, 0) is 0 Å². The molecule has 1 unspecified atom stereocenters. The SMILES string of the molecule is OC(CI)C(F)(F)C(F)(F)C(F)(F)C(F)(F)C(F)(F)C(F)(F)F. The van der Waals surface area contributed by atoms with Gasteiger partial charge in [0.05, 0.1) is 0 Å². The second kappa shape index (κ2) is 5.94. The van der Waals surface area contributed by atoms with Crippen molar-refractivity contribution in [3.05, 3.63) is 0 Å². The van der Waals surface area contributed by atoms with Crippen molar-refractivity contribution < 1.29 is 62.2 Å². The van der Waals surface area contributed by atoms with Gasteiger partial charge in [-0.1, -0.05) is 22.6 Å². The van der Waals surface area contributed by atoms with E-state index in [9.17, 15) is 57.1 Å². The molecule has 0 spiro atoms. The summed E-state index contributed by atoms with van der Waals surface area (Å²) >= 11 is 0.733. The van der Waals surface area contributed by atoms with E-state index in [1.807, 2.05) is 0 Å². The lowest BCUT2D eigenvalue weighted by Crippen LogP contribution is -2.71. The van der Waals surface area contributed by atoms with Gasteiger partial charge in [-0.15, -0.1) is 0 Å². The summed E-state index contributed by atoms with van der Waals surface area (Å²) in [4.78, 5) is 0. The predicted molar refractivity (Wildman–Crippen MR) is 55.7 cm³/mol. The van der Waals surface area contributed by atoms with Crippen molar-refractivity contribution in [3.8, 4) is 0 Å².